The van der Waals surface area contributed by atoms with Gasteiger partial charge in [-0.3, -0.25) is 9.59 Å². The van der Waals surface area contributed by atoms with Crippen LogP contribution in [0, 0.1) is 0 Å². The van der Waals surface area contributed by atoms with Gasteiger partial charge in [-0.15, -0.1) is 0 Å². The molecule has 3 aromatic rings. The number of carbonyl (C=O) groups excluding carboxylic acids is 2. The molecule has 0 spiro atoms. The molecule has 128 valence electrons. The lowest BCUT2D eigenvalue weighted by atomic mass is 10.1. The highest BCUT2D eigenvalue weighted by molar-refractivity contribution is 7.99. The van der Waals surface area contributed by atoms with Crippen LogP contribution in [0.2, 0.25) is 0 Å². The lowest BCUT2D eigenvalue weighted by Crippen LogP contribution is -2.17. The van der Waals surface area contributed by atoms with E-state index in [9.17, 15) is 9.59 Å². The van der Waals surface area contributed by atoms with E-state index in [0.29, 0.717) is 23.4 Å². The molecule has 0 atom stereocenters. The van der Waals surface area contributed by atoms with Crippen LogP contribution in [0.5, 0.6) is 0 Å². The van der Waals surface area contributed by atoms with Gasteiger partial charge in [0.05, 0.1) is 11.3 Å². The second-order valence-corrected chi connectivity index (χ2v) is 7.00. The number of carbonyl (C=O) groups is 2. The highest BCUT2D eigenvalue weighted by Gasteiger charge is 2.26. The first-order valence-electron chi connectivity index (χ1n) is 8.26. The molecule has 0 radical (unpaired) electrons. The summed E-state index contributed by atoms with van der Waals surface area (Å²) < 4.78 is 0. The molecule has 5 heteroatoms. The molecule has 0 unspecified atom stereocenters. The molecule has 3 aromatic carbocycles. The lowest BCUT2D eigenvalue weighted by Gasteiger charge is -2.12. The SMILES string of the molecule is O=C(Nc1ccc(Sc2ccccc2)c2c1C(=O)NC2)c1ccccc1. The zero-order chi connectivity index (χ0) is 17.9. The summed E-state index contributed by atoms with van der Waals surface area (Å²) in [6, 6.07) is 22.7. The van der Waals surface area contributed by atoms with Crippen LogP contribution < -0.4 is 10.6 Å². The zero-order valence-electron chi connectivity index (χ0n) is 13.9. The van der Waals surface area contributed by atoms with E-state index < -0.39 is 0 Å². The molecular formula is C21H16N2O2S. The molecule has 0 saturated carbocycles. The van der Waals surface area contributed by atoms with E-state index in [-0.39, 0.29) is 11.8 Å². The van der Waals surface area contributed by atoms with Crippen molar-refractivity contribution in [3.63, 3.8) is 0 Å². The number of nitrogens with one attached hydrogen (secondary N) is 2. The summed E-state index contributed by atoms with van der Waals surface area (Å²) in [5.74, 6) is -0.380. The predicted molar refractivity (Wildman–Crippen MR) is 103 cm³/mol. The Morgan fingerprint density at radius 1 is 0.923 bits per heavy atom. The molecule has 1 heterocycles. The van der Waals surface area contributed by atoms with E-state index in [1.54, 1.807) is 30.0 Å². The van der Waals surface area contributed by atoms with E-state index in [4.69, 9.17) is 0 Å². The van der Waals surface area contributed by atoms with Crippen LogP contribution in [-0.4, -0.2) is 11.8 Å². The van der Waals surface area contributed by atoms with Gasteiger partial charge in [-0.25, -0.2) is 0 Å². The molecule has 4 rings (SSSR count). The topological polar surface area (TPSA) is 58.2 Å². The summed E-state index contributed by atoms with van der Waals surface area (Å²) in [5, 5.41) is 5.73. The number of benzene rings is 3. The first-order valence-corrected chi connectivity index (χ1v) is 9.07. The van der Waals surface area contributed by atoms with Crippen molar-refractivity contribution in [2.45, 2.75) is 16.3 Å². The van der Waals surface area contributed by atoms with Crippen LogP contribution in [0.1, 0.15) is 26.3 Å². The third-order valence-corrected chi connectivity index (χ3v) is 5.29. The lowest BCUT2D eigenvalue weighted by molar-refractivity contribution is 0.0966. The van der Waals surface area contributed by atoms with Crippen LogP contribution in [0.3, 0.4) is 0 Å². The van der Waals surface area contributed by atoms with Crippen molar-refractivity contribution in [3.05, 3.63) is 89.5 Å². The zero-order valence-corrected chi connectivity index (χ0v) is 14.7. The summed E-state index contributed by atoms with van der Waals surface area (Å²) in [4.78, 5) is 26.9. The smallest absolute Gasteiger partial charge is 0.255 e. The van der Waals surface area contributed by atoms with Crippen LogP contribution >= 0.6 is 11.8 Å². The third-order valence-electron chi connectivity index (χ3n) is 4.18. The summed E-state index contributed by atoms with van der Waals surface area (Å²) in [6.07, 6.45) is 0. The number of fused-ring (bicyclic) bond motifs is 1. The molecule has 0 saturated heterocycles. The predicted octanol–water partition coefficient (Wildman–Crippen LogP) is 4.33. The molecule has 0 aliphatic carbocycles. The van der Waals surface area contributed by atoms with Gasteiger partial charge in [-0.05, 0) is 36.4 Å². The summed E-state index contributed by atoms with van der Waals surface area (Å²) in [6.45, 7) is 0.471. The minimum absolute atomic E-state index is 0.154. The molecule has 0 bridgehead atoms. The number of hydrogen-bond acceptors (Lipinski definition) is 3. The van der Waals surface area contributed by atoms with Gasteiger partial charge in [0.25, 0.3) is 11.8 Å². The van der Waals surface area contributed by atoms with Crippen LogP contribution in [-0.2, 0) is 6.54 Å². The Kier molecular flexibility index (Phi) is 4.46. The molecule has 2 N–H and O–H groups in total. The normalized spacial score (nSPS) is 12.4. The Morgan fingerprint density at radius 3 is 2.35 bits per heavy atom. The Bertz CT molecular complexity index is 972. The van der Waals surface area contributed by atoms with Crippen molar-refractivity contribution >= 4 is 29.3 Å². The van der Waals surface area contributed by atoms with Crippen molar-refractivity contribution in [2.75, 3.05) is 5.32 Å². The van der Waals surface area contributed by atoms with Gasteiger partial charge in [-0.1, -0.05) is 48.2 Å². The number of amides is 2. The van der Waals surface area contributed by atoms with Gasteiger partial charge in [0.1, 0.15) is 0 Å². The fourth-order valence-electron chi connectivity index (χ4n) is 2.92. The molecular weight excluding hydrogens is 344 g/mol. The van der Waals surface area contributed by atoms with Crippen LogP contribution in [0.15, 0.2) is 82.6 Å². The molecule has 1 aliphatic rings. The molecule has 2 amide bonds. The van der Waals surface area contributed by atoms with Crippen LogP contribution in [0.25, 0.3) is 0 Å². The Balaban J connectivity index is 1.66. The summed E-state index contributed by atoms with van der Waals surface area (Å²) >= 11 is 1.61. The standard InChI is InChI=1S/C21H16N2O2S/c24-20(14-7-3-1-4-8-14)23-17-11-12-18(16-13-22-21(25)19(16)17)26-15-9-5-2-6-10-15/h1-12H,13H2,(H,22,25)(H,23,24). The molecule has 0 aromatic heterocycles. The number of rotatable bonds is 4. The first-order chi connectivity index (χ1) is 12.7. The fraction of sp³-hybridized carbons (Fsp3) is 0.0476. The van der Waals surface area contributed by atoms with Crippen molar-refractivity contribution in [1.82, 2.24) is 5.32 Å². The Labute approximate surface area is 155 Å². The van der Waals surface area contributed by atoms with Gasteiger partial charge >= 0.3 is 0 Å². The third kappa shape index (κ3) is 3.21. The average Bonchev–Trinajstić information content (AvgIpc) is 3.08. The highest BCUT2D eigenvalue weighted by Crippen LogP contribution is 2.37. The molecule has 26 heavy (non-hydrogen) atoms. The monoisotopic (exact) mass is 360 g/mol. The van der Waals surface area contributed by atoms with Gasteiger partial charge in [-0.2, -0.15) is 0 Å². The quantitative estimate of drug-likeness (QED) is 0.728. The van der Waals surface area contributed by atoms with Gasteiger partial charge in [0.15, 0.2) is 0 Å². The second-order valence-electron chi connectivity index (χ2n) is 5.88. The fourth-order valence-corrected chi connectivity index (χ4v) is 3.90. The van der Waals surface area contributed by atoms with Crippen molar-refractivity contribution in [1.29, 1.82) is 0 Å². The van der Waals surface area contributed by atoms with Crippen LogP contribution in [0.4, 0.5) is 5.69 Å². The Morgan fingerprint density at radius 2 is 1.62 bits per heavy atom. The van der Waals surface area contributed by atoms with E-state index in [1.165, 1.54) is 0 Å². The van der Waals surface area contributed by atoms with Gasteiger partial charge in [0, 0.05) is 27.5 Å². The minimum Gasteiger partial charge on any atom is -0.348 e. The first kappa shape index (κ1) is 16.4. The largest absolute Gasteiger partial charge is 0.348 e. The molecule has 1 aliphatic heterocycles. The summed E-state index contributed by atoms with van der Waals surface area (Å²) in [5.41, 5.74) is 2.58. The maximum absolute atomic E-state index is 12.4. The van der Waals surface area contributed by atoms with E-state index in [2.05, 4.69) is 10.6 Å². The maximum atomic E-state index is 12.4. The van der Waals surface area contributed by atoms with Gasteiger partial charge < -0.3 is 10.6 Å². The number of anilines is 1. The summed E-state index contributed by atoms with van der Waals surface area (Å²) in [7, 11) is 0. The maximum Gasteiger partial charge on any atom is 0.255 e. The molecule has 4 nitrogen and oxygen atoms in total. The number of hydrogen-bond donors (Lipinski definition) is 2. The van der Waals surface area contributed by atoms with Crippen molar-refractivity contribution in [3.8, 4) is 0 Å². The van der Waals surface area contributed by atoms with Gasteiger partial charge in [0.2, 0.25) is 0 Å². The van der Waals surface area contributed by atoms with E-state index in [1.807, 2.05) is 54.6 Å². The van der Waals surface area contributed by atoms with Crippen molar-refractivity contribution in [2.24, 2.45) is 0 Å². The Hall–Kier alpha value is -3.05. The average molecular weight is 360 g/mol. The minimum atomic E-state index is -0.226. The van der Waals surface area contributed by atoms with Crippen molar-refractivity contribution < 1.29 is 9.59 Å². The second kappa shape index (κ2) is 7.06. The van der Waals surface area contributed by atoms with E-state index >= 15 is 0 Å². The van der Waals surface area contributed by atoms with E-state index in [0.717, 1.165) is 15.4 Å². The molecule has 0 fully saturated rings. The highest BCUT2D eigenvalue weighted by atomic mass is 32.2.